The van der Waals surface area contributed by atoms with Gasteiger partial charge < -0.3 is 10.2 Å². The van der Waals surface area contributed by atoms with Gasteiger partial charge in [0.2, 0.25) is 5.91 Å². The average molecular weight is 397 g/mol. The highest BCUT2D eigenvalue weighted by Crippen LogP contribution is 2.24. The van der Waals surface area contributed by atoms with Crippen molar-refractivity contribution in [2.45, 2.75) is 18.2 Å². The van der Waals surface area contributed by atoms with E-state index in [0.717, 1.165) is 34.9 Å². The Labute approximate surface area is 169 Å². The van der Waals surface area contributed by atoms with Crippen LogP contribution >= 0.6 is 11.8 Å². The van der Waals surface area contributed by atoms with E-state index in [1.54, 1.807) is 30.9 Å². The minimum absolute atomic E-state index is 0.0150. The molecule has 0 unspecified atom stereocenters. The van der Waals surface area contributed by atoms with Crippen molar-refractivity contribution in [1.82, 2.24) is 4.90 Å². The predicted octanol–water partition coefficient (Wildman–Crippen LogP) is 3.71. The fraction of sp³-hybridized carbons (Fsp3) is 0.286. The standard InChI is InChI=1S/C21H24N4O2S/c1-15-12-13-25(23-15)17-10-8-16(9-11-17)21(27)24(2)14-20(26)22-18-6-4-5-7-19(18)28-3/h4-11H,12-14H2,1-3H3,(H,22,26). The third-order valence-electron chi connectivity index (χ3n) is 4.50. The van der Waals surface area contributed by atoms with Gasteiger partial charge in [-0.15, -0.1) is 11.8 Å². The van der Waals surface area contributed by atoms with E-state index in [1.807, 2.05) is 54.6 Å². The second-order valence-electron chi connectivity index (χ2n) is 6.66. The van der Waals surface area contributed by atoms with Crippen LogP contribution in [-0.2, 0) is 4.79 Å². The molecule has 0 aromatic heterocycles. The van der Waals surface area contributed by atoms with Crippen LogP contribution in [0.5, 0.6) is 0 Å². The first-order valence-electron chi connectivity index (χ1n) is 9.08. The van der Waals surface area contributed by atoms with Gasteiger partial charge in [-0.1, -0.05) is 12.1 Å². The first kappa shape index (κ1) is 19.9. The molecule has 1 aliphatic heterocycles. The quantitative estimate of drug-likeness (QED) is 0.756. The van der Waals surface area contributed by atoms with E-state index in [0.29, 0.717) is 5.56 Å². The number of carbonyl (C=O) groups excluding carboxylic acids is 2. The first-order chi connectivity index (χ1) is 13.5. The molecule has 2 amide bonds. The van der Waals surface area contributed by atoms with Gasteiger partial charge in [0.1, 0.15) is 0 Å². The number of anilines is 2. The number of amides is 2. The summed E-state index contributed by atoms with van der Waals surface area (Å²) in [6.07, 6.45) is 2.91. The number of hydrazone groups is 1. The molecule has 3 rings (SSSR count). The maximum atomic E-state index is 12.6. The largest absolute Gasteiger partial charge is 0.332 e. The third kappa shape index (κ3) is 4.72. The number of hydrogen-bond acceptors (Lipinski definition) is 5. The molecule has 28 heavy (non-hydrogen) atoms. The molecule has 0 spiro atoms. The average Bonchev–Trinajstić information content (AvgIpc) is 3.14. The number of likely N-dealkylation sites (N-methyl/N-ethyl adjacent to an activating group) is 1. The van der Waals surface area contributed by atoms with Crippen LogP contribution in [0.4, 0.5) is 11.4 Å². The van der Waals surface area contributed by atoms with Crippen molar-refractivity contribution in [1.29, 1.82) is 0 Å². The highest BCUT2D eigenvalue weighted by Gasteiger charge is 2.17. The van der Waals surface area contributed by atoms with Gasteiger partial charge in [-0.05, 0) is 49.6 Å². The van der Waals surface area contributed by atoms with E-state index in [2.05, 4.69) is 10.4 Å². The Morgan fingerprint density at radius 2 is 1.89 bits per heavy atom. The van der Waals surface area contributed by atoms with E-state index in [4.69, 9.17) is 0 Å². The zero-order valence-electron chi connectivity index (χ0n) is 16.3. The number of benzene rings is 2. The molecule has 1 heterocycles. The van der Waals surface area contributed by atoms with Crippen molar-refractivity contribution in [3.63, 3.8) is 0 Å². The zero-order chi connectivity index (χ0) is 20.1. The van der Waals surface area contributed by atoms with Gasteiger partial charge in [0, 0.05) is 36.2 Å². The van der Waals surface area contributed by atoms with Crippen molar-refractivity contribution in [2.75, 3.05) is 36.7 Å². The summed E-state index contributed by atoms with van der Waals surface area (Å²) in [5.74, 6) is -0.420. The second kappa shape index (κ2) is 8.93. The van der Waals surface area contributed by atoms with Crippen LogP contribution in [0.3, 0.4) is 0 Å². The molecule has 2 aromatic rings. The maximum Gasteiger partial charge on any atom is 0.254 e. The number of nitrogens with one attached hydrogen (secondary N) is 1. The molecule has 2 aromatic carbocycles. The monoisotopic (exact) mass is 396 g/mol. The van der Waals surface area contributed by atoms with Crippen LogP contribution in [0.25, 0.3) is 0 Å². The van der Waals surface area contributed by atoms with Crippen molar-refractivity contribution < 1.29 is 9.59 Å². The summed E-state index contributed by atoms with van der Waals surface area (Å²) in [4.78, 5) is 27.4. The zero-order valence-corrected chi connectivity index (χ0v) is 17.1. The van der Waals surface area contributed by atoms with Gasteiger partial charge >= 0.3 is 0 Å². The van der Waals surface area contributed by atoms with E-state index >= 15 is 0 Å². The summed E-state index contributed by atoms with van der Waals surface area (Å²) in [5, 5.41) is 9.27. The Kier molecular flexibility index (Phi) is 6.36. The van der Waals surface area contributed by atoms with E-state index < -0.39 is 0 Å². The number of carbonyl (C=O) groups is 2. The Hall–Kier alpha value is -2.80. The fourth-order valence-electron chi connectivity index (χ4n) is 2.98. The third-order valence-corrected chi connectivity index (χ3v) is 5.29. The molecule has 146 valence electrons. The van der Waals surface area contributed by atoms with Gasteiger partial charge in [0.25, 0.3) is 5.91 Å². The molecule has 1 N–H and O–H groups in total. The van der Waals surface area contributed by atoms with Crippen LogP contribution in [-0.4, -0.2) is 48.8 Å². The van der Waals surface area contributed by atoms with Crippen LogP contribution in [0.15, 0.2) is 58.5 Å². The number of nitrogens with zero attached hydrogens (tertiary/aromatic N) is 3. The molecular weight excluding hydrogens is 372 g/mol. The van der Waals surface area contributed by atoms with Gasteiger partial charge in [-0.25, -0.2) is 0 Å². The van der Waals surface area contributed by atoms with Gasteiger partial charge in [-0.3, -0.25) is 14.6 Å². The summed E-state index contributed by atoms with van der Waals surface area (Å²) < 4.78 is 0. The molecule has 7 heteroatoms. The fourth-order valence-corrected chi connectivity index (χ4v) is 3.54. The topological polar surface area (TPSA) is 65.0 Å². The minimum atomic E-state index is -0.226. The smallest absolute Gasteiger partial charge is 0.254 e. The molecule has 0 saturated carbocycles. The van der Waals surface area contributed by atoms with Gasteiger partial charge in [-0.2, -0.15) is 5.10 Å². The molecule has 0 aliphatic carbocycles. The Balaban J connectivity index is 1.60. The van der Waals surface area contributed by atoms with Crippen LogP contribution in [0.2, 0.25) is 0 Å². The summed E-state index contributed by atoms with van der Waals surface area (Å²) in [7, 11) is 1.63. The molecule has 6 nitrogen and oxygen atoms in total. The van der Waals surface area contributed by atoms with E-state index in [9.17, 15) is 9.59 Å². The van der Waals surface area contributed by atoms with Crippen LogP contribution < -0.4 is 10.3 Å². The molecule has 0 atom stereocenters. The highest BCUT2D eigenvalue weighted by atomic mass is 32.2. The minimum Gasteiger partial charge on any atom is -0.332 e. The lowest BCUT2D eigenvalue weighted by Gasteiger charge is -2.18. The highest BCUT2D eigenvalue weighted by molar-refractivity contribution is 7.98. The van der Waals surface area contributed by atoms with Gasteiger partial charge in [0.15, 0.2) is 0 Å². The normalized spacial score (nSPS) is 13.2. The van der Waals surface area contributed by atoms with Crippen molar-refractivity contribution in [2.24, 2.45) is 5.10 Å². The van der Waals surface area contributed by atoms with Crippen molar-refractivity contribution in [3.05, 3.63) is 54.1 Å². The van der Waals surface area contributed by atoms with E-state index in [1.165, 1.54) is 4.90 Å². The van der Waals surface area contributed by atoms with Crippen LogP contribution in [0.1, 0.15) is 23.7 Å². The molecular formula is C21H24N4O2S. The lowest BCUT2D eigenvalue weighted by molar-refractivity contribution is -0.116. The number of para-hydroxylation sites is 1. The van der Waals surface area contributed by atoms with Gasteiger partial charge in [0.05, 0.1) is 17.9 Å². The first-order valence-corrected chi connectivity index (χ1v) is 10.3. The van der Waals surface area contributed by atoms with E-state index in [-0.39, 0.29) is 18.4 Å². The Bertz CT molecular complexity index is 896. The maximum absolute atomic E-state index is 12.6. The van der Waals surface area contributed by atoms with Crippen molar-refractivity contribution >= 4 is 40.7 Å². The summed E-state index contributed by atoms with van der Waals surface area (Å²) in [6.45, 7) is 2.85. The lowest BCUT2D eigenvalue weighted by Crippen LogP contribution is -2.35. The van der Waals surface area contributed by atoms with Crippen molar-refractivity contribution in [3.8, 4) is 0 Å². The lowest BCUT2D eigenvalue weighted by atomic mass is 10.1. The summed E-state index contributed by atoms with van der Waals surface area (Å²) in [6, 6.07) is 14.9. The second-order valence-corrected chi connectivity index (χ2v) is 7.51. The molecule has 1 aliphatic rings. The Morgan fingerprint density at radius 1 is 1.18 bits per heavy atom. The number of thioether (sulfide) groups is 1. The summed E-state index contributed by atoms with van der Waals surface area (Å²) in [5.41, 5.74) is 3.37. The Morgan fingerprint density at radius 3 is 2.54 bits per heavy atom. The molecule has 0 bridgehead atoms. The molecule has 0 saturated heterocycles. The summed E-state index contributed by atoms with van der Waals surface area (Å²) >= 11 is 1.56. The molecule has 0 radical (unpaired) electrons. The number of hydrogen-bond donors (Lipinski definition) is 1. The van der Waals surface area contributed by atoms with Crippen LogP contribution in [0, 0.1) is 0 Å². The predicted molar refractivity (Wildman–Crippen MR) is 115 cm³/mol. The SMILES string of the molecule is CSc1ccccc1NC(=O)CN(C)C(=O)c1ccc(N2CCC(C)=N2)cc1. The molecule has 0 fully saturated rings. The number of rotatable bonds is 6.